The van der Waals surface area contributed by atoms with Gasteiger partial charge in [-0.25, -0.2) is 0 Å². The van der Waals surface area contributed by atoms with E-state index in [-0.39, 0.29) is 11.3 Å². The molecule has 1 aromatic heterocycles. The van der Waals surface area contributed by atoms with Crippen LogP contribution in [0, 0.1) is 5.41 Å². The largest absolute Gasteiger partial charge is 0.302 e. The summed E-state index contributed by atoms with van der Waals surface area (Å²) in [4.78, 5) is 24.6. The van der Waals surface area contributed by atoms with Crippen molar-refractivity contribution >= 4 is 29.3 Å². The molecule has 0 spiro atoms. The van der Waals surface area contributed by atoms with Crippen molar-refractivity contribution in [3.63, 3.8) is 0 Å². The fourth-order valence-electron chi connectivity index (χ4n) is 2.16. The molecule has 0 aliphatic heterocycles. The minimum Gasteiger partial charge on any atom is -0.302 e. The van der Waals surface area contributed by atoms with E-state index in [4.69, 9.17) is 0 Å². The molecule has 1 heterocycles. The van der Waals surface area contributed by atoms with E-state index in [1.165, 1.54) is 16.9 Å². The number of aromatic nitrogens is 1. The SMILES string of the molecule is CC(C)c1ccc(/C=c2\s/c(=C\C(=O)C(C)(C)C)n(C)c2=O)cc1. The van der Waals surface area contributed by atoms with Crippen LogP contribution in [0.5, 0.6) is 0 Å². The van der Waals surface area contributed by atoms with Crippen LogP contribution in [0.4, 0.5) is 0 Å². The van der Waals surface area contributed by atoms with E-state index in [1.54, 1.807) is 17.7 Å². The second-order valence-electron chi connectivity index (χ2n) is 7.39. The minimum atomic E-state index is -0.448. The summed E-state index contributed by atoms with van der Waals surface area (Å²) in [5.41, 5.74) is 1.75. The second kappa shape index (κ2) is 6.89. The molecule has 1 aromatic carbocycles. The van der Waals surface area contributed by atoms with Gasteiger partial charge in [-0.2, -0.15) is 0 Å². The van der Waals surface area contributed by atoms with Gasteiger partial charge in [-0.1, -0.05) is 58.9 Å². The Bertz CT molecular complexity index is 907. The first-order chi connectivity index (χ1) is 11.1. The molecule has 0 atom stereocenters. The summed E-state index contributed by atoms with van der Waals surface area (Å²) in [5.74, 6) is 0.505. The average molecular weight is 343 g/mol. The van der Waals surface area contributed by atoms with Gasteiger partial charge in [-0.15, -0.1) is 11.3 Å². The van der Waals surface area contributed by atoms with Crippen LogP contribution >= 0.6 is 11.3 Å². The molecule has 2 rings (SSSR count). The number of nitrogens with zero attached hydrogens (tertiary/aromatic N) is 1. The van der Waals surface area contributed by atoms with Crippen molar-refractivity contribution in [2.24, 2.45) is 12.5 Å². The van der Waals surface area contributed by atoms with Crippen LogP contribution in [0.15, 0.2) is 29.1 Å². The van der Waals surface area contributed by atoms with Crippen molar-refractivity contribution in [3.05, 3.63) is 54.9 Å². The first-order valence-corrected chi connectivity index (χ1v) is 8.95. The Morgan fingerprint density at radius 2 is 1.75 bits per heavy atom. The molecule has 0 amide bonds. The Balaban J connectivity index is 2.49. The Hall–Kier alpha value is -1.94. The lowest BCUT2D eigenvalue weighted by Gasteiger charge is -2.12. The number of rotatable bonds is 3. The van der Waals surface area contributed by atoms with Gasteiger partial charge in [-0.3, -0.25) is 9.59 Å². The van der Waals surface area contributed by atoms with Gasteiger partial charge in [0, 0.05) is 18.5 Å². The van der Waals surface area contributed by atoms with E-state index >= 15 is 0 Å². The van der Waals surface area contributed by atoms with Crippen molar-refractivity contribution in [2.75, 3.05) is 0 Å². The topological polar surface area (TPSA) is 39.1 Å². The lowest BCUT2D eigenvalue weighted by Crippen LogP contribution is -2.30. The molecular weight excluding hydrogens is 318 g/mol. The Labute approximate surface area is 147 Å². The molecule has 24 heavy (non-hydrogen) atoms. The number of hydrogen-bond donors (Lipinski definition) is 0. The highest BCUT2D eigenvalue weighted by molar-refractivity contribution is 7.07. The number of carbonyl (C=O) groups is 1. The van der Waals surface area contributed by atoms with Crippen LogP contribution in [-0.2, 0) is 11.8 Å². The third-order valence-electron chi connectivity index (χ3n) is 3.96. The second-order valence-corrected chi connectivity index (χ2v) is 8.46. The van der Waals surface area contributed by atoms with Crippen molar-refractivity contribution in [1.29, 1.82) is 0 Å². The standard InChI is InChI=1S/C20H25NO2S/c1-13(2)15-9-7-14(8-10-15)11-16-19(23)21(6)18(24-16)12-17(22)20(3,4)5/h7-13H,1-6H3/b16-11-,18-12-. The molecule has 4 heteroatoms. The van der Waals surface area contributed by atoms with Crippen LogP contribution in [0.1, 0.15) is 51.7 Å². The highest BCUT2D eigenvalue weighted by atomic mass is 32.1. The molecule has 0 unspecified atom stereocenters. The highest BCUT2D eigenvalue weighted by Gasteiger charge is 2.19. The highest BCUT2D eigenvalue weighted by Crippen LogP contribution is 2.15. The maximum absolute atomic E-state index is 12.4. The van der Waals surface area contributed by atoms with Crippen LogP contribution in [-0.4, -0.2) is 10.4 Å². The molecule has 0 aliphatic rings. The Morgan fingerprint density at radius 3 is 2.25 bits per heavy atom. The number of thiazole rings is 1. The van der Waals surface area contributed by atoms with Gasteiger partial charge in [0.05, 0.1) is 4.53 Å². The zero-order valence-electron chi connectivity index (χ0n) is 15.2. The Morgan fingerprint density at radius 1 is 1.17 bits per heavy atom. The van der Waals surface area contributed by atoms with Crippen molar-refractivity contribution in [2.45, 2.75) is 40.5 Å². The van der Waals surface area contributed by atoms with Crippen molar-refractivity contribution in [1.82, 2.24) is 4.57 Å². The molecule has 0 N–H and O–H groups in total. The maximum atomic E-state index is 12.4. The van der Waals surface area contributed by atoms with Crippen LogP contribution < -0.4 is 14.8 Å². The molecule has 2 aromatic rings. The van der Waals surface area contributed by atoms with Gasteiger partial charge >= 0.3 is 0 Å². The predicted octanol–water partition coefficient (Wildman–Crippen LogP) is 2.79. The van der Waals surface area contributed by atoms with Gasteiger partial charge in [0.1, 0.15) is 4.66 Å². The lowest BCUT2D eigenvalue weighted by atomic mass is 9.91. The van der Waals surface area contributed by atoms with Crippen LogP contribution in [0.25, 0.3) is 12.2 Å². The van der Waals surface area contributed by atoms with Gasteiger partial charge < -0.3 is 4.57 Å². The molecule has 3 nitrogen and oxygen atoms in total. The van der Waals surface area contributed by atoms with E-state index in [0.717, 1.165) is 5.56 Å². The number of benzene rings is 1. The lowest BCUT2D eigenvalue weighted by molar-refractivity contribution is -0.120. The van der Waals surface area contributed by atoms with Gasteiger partial charge in [-0.05, 0) is 23.1 Å². The summed E-state index contributed by atoms with van der Waals surface area (Å²) in [6, 6.07) is 8.23. The van der Waals surface area contributed by atoms with Crippen LogP contribution in [0.2, 0.25) is 0 Å². The molecule has 0 radical (unpaired) electrons. The molecule has 0 saturated heterocycles. The molecule has 0 bridgehead atoms. The molecule has 0 saturated carbocycles. The van der Waals surface area contributed by atoms with Crippen molar-refractivity contribution < 1.29 is 4.79 Å². The van der Waals surface area contributed by atoms with E-state index < -0.39 is 5.41 Å². The number of hydrogen-bond acceptors (Lipinski definition) is 3. The first-order valence-electron chi connectivity index (χ1n) is 8.13. The fourth-order valence-corrected chi connectivity index (χ4v) is 3.20. The third-order valence-corrected chi connectivity index (χ3v) is 5.07. The predicted molar refractivity (Wildman–Crippen MR) is 102 cm³/mol. The van der Waals surface area contributed by atoms with Crippen molar-refractivity contribution in [3.8, 4) is 0 Å². The van der Waals surface area contributed by atoms with E-state index in [2.05, 4.69) is 26.0 Å². The van der Waals surface area contributed by atoms with Gasteiger partial charge in [0.2, 0.25) is 0 Å². The monoisotopic (exact) mass is 343 g/mol. The summed E-state index contributed by atoms with van der Waals surface area (Å²) in [7, 11) is 1.71. The molecule has 0 fully saturated rings. The number of carbonyl (C=O) groups excluding carboxylic acids is 1. The molecule has 0 aliphatic carbocycles. The van der Waals surface area contributed by atoms with Crippen LogP contribution in [0.3, 0.4) is 0 Å². The molecule has 128 valence electrons. The number of ketones is 1. The van der Waals surface area contributed by atoms with Gasteiger partial charge in [0.15, 0.2) is 5.78 Å². The first kappa shape index (κ1) is 18.4. The van der Waals surface area contributed by atoms with Gasteiger partial charge in [0.25, 0.3) is 5.56 Å². The van der Waals surface area contributed by atoms with E-state index in [9.17, 15) is 9.59 Å². The quantitative estimate of drug-likeness (QED) is 0.860. The summed E-state index contributed by atoms with van der Waals surface area (Å²) in [5, 5.41) is 0. The smallest absolute Gasteiger partial charge is 0.268 e. The summed E-state index contributed by atoms with van der Waals surface area (Å²) in [6.07, 6.45) is 3.46. The average Bonchev–Trinajstić information content (AvgIpc) is 2.75. The fraction of sp³-hybridized carbons (Fsp3) is 0.400. The van der Waals surface area contributed by atoms with E-state index in [1.807, 2.05) is 39.0 Å². The molecular formula is C20H25NO2S. The van der Waals surface area contributed by atoms with E-state index in [0.29, 0.717) is 15.1 Å². The summed E-state index contributed by atoms with van der Waals surface area (Å²) in [6.45, 7) is 9.94. The normalized spacial score (nSPS) is 13.8. The Kier molecular flexibility index (Phi) is 5.29. The number of Topliss-reactive ketones (excluding diaryl/α,β-unsaturated/α-hetero) is 1. The zero-order valence-corrected chi connectivity index (χ0v) is 16.0. The zero-order chi connectivity index (χ0) is 18.1. The summed E-state index contributed by atoms with van der Waals surface area (Å²) >= 11 is 1.35. The third kappa shape index (κ3) is 4.12. The minimum absolute atomic E-state index is 0.0205. The summed E-state index contributed by atoms with van der Waals surface area (Å²) < 4.78 is 2.87. The maximum Gasteiger partial charge on any atom is 0.268 e.